The van der Waals surface area contributed by atoms with Gasteiger partial charge in [0.05, 0.1) is 5.69 Å². The highest BCUT2D eigenvalue weighted by Crippen LogP contribution is 2.50. The number of rotatable bonds is 15. The highest BCUT2D eigenvalue weighted by Gasteiger charge is 2.35. The van der Waals surface area contributed by atoms with Gasteiger partial charge in [0.15, 0.2) is 34.9 Å². The maximum absolute atomic E-state index is 5.32. The Hall–Kier alpha value is -13.9. The minimum absolute atomic E-state index is 0.195. The van der Waals surface area contributed by atoms with Gasteiger partial charge in [-0.05, 0) is 167 Å². The smallest absolute Gasteiger partial charge is 0.164 e. The third-order valence-corrected chi connectivity index (χ3v) is 20.0. The SMILES string of the molecule is CC1(C)c2ccccc2-c2ccc(-c3nc(-c4cccc(-c5ccccc5)c4)nc(-c4cccc(-c5ccccc5-c5ccc(-c6cccc(-c7cccc(-c8nc(-c9cccc(-c%10cccc(-c%11cccnc%11)c%10)c9)nc(-c9cccc(-c%10cccc(-c%11cccnc%11)c%10)c9)n8)c7)c6)cn5)c4)n3)cc21. The van der Waals surface area contributed by atoms with Gasteiger partial charge in [-0.15, -0.1) is 0 Å². The van der Waals surface area contributed by atoms with Crippen LogP contribution in [0.15, 0.2) is 359 Å². The zero-order chi connectivity index (χ0) is 70.2. The lowest BCUT2D eigenvalue weighted by molar-refractivity contribution is 0.660. The molecule has 0 bridgehead atoms. The highest BCUT2D eigenvalue weighted by molar-refractivity contribution is 5.88. The van der Waals surface area contributed by atoms with E-state index in [2.05, 4.69) is 333 Å². The molecule has 18 rings (SSSR count). The second kappa shape index (κ2) is 27.2. The van der Waals surface area contributed by atoms with Crippen molar-refractivity contribution in [3.63, 3.8) is 0 Å². The average molecular weight is 1340 g/mol. The van der Waals surface area contributed by atoms with Gasteiger partial charge < -0.3 is 0 Å². The molecule has 1 aliphatic carbocycles. The third-order valence-electron chi connectivity index (χ3n) is 20.0. The van der Waals surface area contributed by atoms with Crippen LogP contribution in [0.5, 0.6) is 0 Å². The molecule has 0 fully saturated rings. The molecule has 0 saturated carbocycles. The molecule has 1 aliphatic rings. The summed E-state index contributed by atoms with van der Waals surface area (Å²) < 4.78 is 0. The lowest BCUT2D eigenvalue weighted by Gasteiger charge is -2.21. The molecule has 17 aromatic rings. The number of aromatic nitrogens is 9. The van der Waals surface area contributed by atoms with Crippen molar-refractivity contribution in [1.29, 1.82) is 0 Å². The number of benzene rings is 12. The van der Waals surface area contributed by atoms with Crippen LogP contribution in [0, 0.1) is 0 Å². The zero-order valence-corrected chi connectivity index (χ0v) is 57.6. The van der Waals surface area contributed by atoms with Gasteiger partial charge in [0.1, 0.15) is 0 Å². The van der Waals surface area contributed by atoms with Crippen molar-refractivity contribution in [1.82, 2.24) is 44.9 Å². The molecule has 0 unspecified atom stereocenters. The van der Waals surface area contributed by atoms with E-state index in [1.807, 2.05) is 36.8 Å². The number of pyridine rings is 3. The Kier molecular flexibility index (Phi) is 16.4. The van der Waals surface area contributed by atoms with Crippen molar-refractivity contribution >= 4 is 0 Å². The Bertz CT molecular complexity index is 5990. The summed E-state index contributed by atoms with van der Waals surface area (Å²) in [5, 5.41) is 0. The molecular formula is C96H65N9. The molecule has 5 heterocycles. The first kappa shape index (κ1) is 63.3. The van der Waals surface area contributed by atoms with E-state index in [4.69, 9.17) is 34.9 Å². The van der Waals surface area contributed by atoms with Crippen molar-refractivity contribution in [2.45, 2.75) is 19.3 Å². The monoisotopic (exact) mass is 1340 g/mol. The fourth-order valence-corrected chi connectivity index (χ4v) is 14.6. The van der Waals surface area contributed by atoms with E-state index >= 15 is 0 Å². The largest absolute Gasteiger partial charge is 0.264 e. The molecule has 9 heteroatoms. The zero-order valence-electron chi connectivity index (χ0n) is 57.6. The van der Waals surface area contributed by atoms with Gasteiger partial charge in [-0.25, -0.2) is 29.9 Å². The maximum atomic E-state index is 5.32. The molecule has 105 heavy (non-hydrogen) atoms. The molecule has 0 radical (unpaired) electrons. The van der Waals surface area contributed by atoms with Gasteiger partial charge in [0, 0.05) is 92.0 Å². The van der Waals surface area contributed by atoms with E-state index in [-0.39, 0.29) is 5.41 Å². The Balaban J connectivity index is 0.658. The van der Waals surface area contributed by atoms with Crippen LogP contribution in [0.25, 0.3) is 180 Å². The van der Waals surface area contributed by atoms with Crippen molar-refractivity contribution in [3.05, 3.63) is 370 Å². The van der Waals surface area contributed by atoms with Crippen LogP contribution in [0.4, 0.5) is 0 Å². The first-order chi connectivity index (χ1) is 51.7. The summed E-state index contributed by atoms with van der Waals surface area (Å²) in [6.45, 7) is 4.61. The lowest BCUT2D eigenvalue weighted by atomic mass is 9.82. The normalized spacial score (nSPS) is 12.0. The van der Waals surface area contributed by atoms with Gasteiger partial charge in [0.25, 0.3) is 0 Å². The molecule has 9 nitrogen and oxygen atoms in total. The Morgan fingerprint density at radius 1 is 0.190 bits per heavy atom. The first-order valence-corrected chi connectivity index (χ1v) is 35.3. The van der Waals surface area contributed by atoms with Crippen LogP contribution in [0.2, 0.25) is 0 Å². The fourth-order valence-electron chi connectivity index (χ4n) is 14.6. The molecule has 5 aromatic heterocycles. The highest BCUT2D eigenvalue weighted by atomic mass is 15.0. The maximum Gasteiger partial charge on any atom is 0.164 e. The summed E-state index contributed by atoms with van der Waals surface area (Å²) in [5.74, 6) is 3.49. The van der Waals surface area contributed by atoms with E-state index in [0.29, 0.717) is 34.9 Å². The van der Waals surface area contributed by atoms with Crippen LogP contribution >= 0.6 is 0 Å². The van der Waals surface area contributed by atoms with Gasteiger partial charge in [0.2, 0.25) is 0 Å². The molecule has 0 saturated heterocycles. The van der Waals surface area contributed by atoms with Crippen LogP contribution in [-0.2, 0) is 5.41 Å². The first-order valence-electron chi connectivity index (χ1n) is 35.3. The summed E-state index contributed by atoms with van der Waals surface area (Å²) in [7, 11) is 0. The van der Waals surface area contributed by atoms with E-state index < -0.39 is 0 Å². The minimum Gasteiger partial charge on any atom is -0.264 e. The standard InChI is InChI=1S/C96H65N9/c1-96(2)87-43-9-8-41-84(87)85-46-44-79(58-88(85)96)95-104-90(74-33-13-22-63(53-74)62-20-4-3-5-21-62)103-94(105-95)78-37-17-32-73(57-78)83-40-6-7-42-86(83)89-47-45-82(61-99-89)72-31-12-25-66(52-72)69-28-16-36-77(56-69)93-101-91(75-34-14-26-67(54-75)64-23-10-29-70(50-64)80-38-18-48-97-59-80)100-92(102-93)76-35-15-27-68(55-76)65-24-11-30-71(51-65)81-39-19-49-98-60-81/h3-61H,1-2H3. The number of nitrogens with zero attached hydrogens (tertiary/aromatic N) is 9. The third kappa shape index (κ3) is 12.7. The topological polar surface area (TPSA) is 116 Å². The second-order valence-electron chi connectivity index (χ2n) is 27.0. The van der Waals surface area contributed by atoms with E-state index in [9.17, 15) is 0 Å². The summed E-state index contributed by atoms with van der Waals surface area (Å²) in [4.78, 5) is 45.7. The van der Waals surface area contributed by atoms with Crippen LogP contribution in [0.1, 0.15) is 25.0 Å². The molecule has 494 valence electrons. The van der Waals surface area contributed by atoms with Crippen LogP contribution < -0.4 is 0 Å². The second-order valence-corrected chi connectivity index (χ2v) is 27.0. The average Bonchev–Trinajstić information content (AvgIpc) is 1.59. The van der Waals surface area contributed by atoms with Crippen molar-refractivity contribution in [2.24, 2.45) is 0 Å². The predicted octanol–water partition coefficient (Wildman–Crippen LogP) is 23.6. The van der Waals surface area contributed by atoms with Gasteiger partial charge in [-0.3, -0.25) is 15.0 Å². The molecule has 0 N–H and O–H groups in total. The van der Waals surface area contributed by atoms with Crippen LogP contribution in [-0.4, -0.2) is 44.9 Å². The number of hydrogen-bond donors (Lipinski definition) is 0. The minimum atomic E-state index is -0.195. The summed E-state index contributed by atoms with van der Waals surface area (Å²) in [6.07, 6.45) is 9.36. The summed E-state index contributed by atoms with van der Waals surface area (Å²) >= 11 is 0. The Morgan fingerprint density at radius 2 is 0.486 bits per heavy atom. The Labute approximate surface area is 609 Å². The molecule has 0 spiro atoms. The summed E-state index contributed by atoms with van der Waals surface area (Å²) in [6, 6.07) is 115. The lowest BCUT2D eigenvalue weighted by Crippen LogP contribution is -2.15. The van der Waals surface area contributed by atoms with E-state index in [1.54, 1.807) is 12.4 Å². The molecule has 12 aromatic carbocycles. The number of hydrogen-bond acceptors (Lipinski definition) is 9. The number of fused-ring (bicyclic) bond motifs is 3. The van der Waals surface area contributed by atoms with Crippen molar-refractivity contribution in [2.75, 3.05) is 0 Å². The van der Waals surface area contributed by atoms with Crippen molar-refractivity contribution in [3.8, 4) is 180 Å². The van der Waals surface area contributed by atoms with Crippen LogP contribution in [0.3, 0.4) is 0 Å². The van der Waals surface area contributed by atoms with E-state index in [0.717, 1.165) is 134 Å². The van der Waals surface area contributed by atoms with Gasteiger partial charge >= 0.3 is 0 Å². The summed E-state index contributed by atoms with van der Waals surface area (Å²) in [5.41, 5.74) is 29.0. The van der Waals surface area contributed by atoms with Gasteiger partial charge in [-0.1, -0.05) is 269 Å². The van der Waals surface area contributed by atoms with Crippen molar-refractivity contribution < 1.29 is 0 Å². The fraction of sp³-hybridized carbons (Fsp3) is 0.0312. The van der Waals surface area contributed by atoms with Gasteiger partial charge in [-0.2, -0.15) is 0 Å². The predicted molar refractivity (Wildman–Crippen MR) is 426 cm³/mol. The quantitative estimate of drug-likeness (QED) is 0.0989. The molecular weight excluding hydrogens is 1280 g/mol. The molecule has 0 atom stereocenters. The Morgan fingerprint density at radius 3 is 0.895 bits per heavy atom. The molecule has 0 amide bonds. The molecule has 0 aliphatic heterocycles. The van der Waals surface area contributed by atoms with E-state index in [1.165, 1.54) is 22.3 Å².